The Balaban J connectivity index is 4.22. The first-order chi connectivity index (χ1) is 36.1. The van der Waals surface area contributed by atoms with E-state index in [1.165, 1.54) is 161 Å². The molecule has 0 saturated carbocycles. The highest BCUT2D eigenvalue weighted by Gasteiger charge is 2.22. The van der Waals surface area contributed by atoms with E-state index in [1.807, 2.05) is 21.1 Å². The molecular weight excluding hydrogens is 923 g/mol. The number of esters is 2. The summed E-state index contributed by atoms with van der Waals surface area (Å²) in [4.78, 5) is 37.3. The van der Waals surface area contributed by atoms with Crippen molar-refractivity contribution in [2.45, 2.75) is 277 Å². The van der Waals surface area contributed by atoms with Crippen molar-refractivity contribution in [1.29, 1.82) is 0 Å². The third kappa shape index (κ3) is 56.5. The predicted molar refractivity (Wildman–Crippen MR) is 311 cm³/mol. The molecular formula is C65H115NO8. The van der Waals surface area contributed by atoms with E-state index in [0.29, 0.717) is 17.4 Å². The molecule has 0 aromatic carbocycles. The lowest BCUT2D eigenvalue weighted by molar-refractivity contribution is -0.870. The first-order valence-electron chi connectivity index (χ1n) is 30.6. The number of carbonyl (C=O) groups is 3. The van der Waals surface area contributed by atoms with Gasteiger partial charge in [0.05, 0.1) is 40.3 Å². The van der Waals surface area contributed by atoms with Gasteiger partial charge in [-0.25, -0.2) is 0 Å². The fourth-order valence-electron chi connectivity index (χ4n) is 8.54. The van der Waals surface area contributed by atoms with Crippen LogP contribution in [0.25, 0.3) is 0 Å². The highest BCUT2D eigenvalue weighted by molar-refractivity contribution is 5.70. The molecule has 0 fully saturated rings. The van der Waals surface area contributed by atoms with Crippen LogP contribution < -0.4 is 5.11 Å². The Morgan fingerprint density at radius 1 is 0.419 bits per heavy atom. The summed E-state index contributed by atoms with van der Waals surface area (Å²) in [6, 6.07) is 0. The molecule has 0 heterocycles. The molecule has 2 unspecified atom stereocenters. The maximum atomic E-state index is 12.8. The minimum absolute atomic E-state index is 0.137. The largest absolute Gasteiger partial charge is 0.545 e. The summed E-state index contributed by atoms with van der Waals surface area (Å²) in [6.07, 6.45) is 69.7. The van der Waals surface area contributed by atoms with Gasteiger partial charge in [0, 0.05) is 12.8 Å². The molecule has 0 N–H and O–H groups in total. The summed E-state index contributed by atoms with van der Waals surface area (Å²) in [5.41, 5.74) is 0. The Kier molecular flexibility index (Phi) is 53.5. The zero-order chi connectivity index (χ0) is 54.1. The lowest BCUT2D eigenvalue weighted by atomic mass is 10.0. The van der Waals surface area contributed by atoms with Crippen LogP contribution >= 0.6 is 0 Å². The number of likely N-dealkylation sites (N-methyl/N-ethyl adjacent to an activating group) is 1. The normalized spacial score (nSPS) is 13.3. The number of allylic oxidation sites excluding steroid dienone is 12. The third-order valence-electron chi connectivity index (χ3n) is 13.2. The number of rotatable bonds is 56. The molecule has 9 nitrogen and oxygen atoms in total. The highest BCUT2D eigenvalue weighted by Crippen LogP contribution is 2.17. The standard InChI is InChI=1S/C65H115NO8/c1-6-8-10-12-14-16-18-20-22-24-26-28-29-30-31-32-33-34-36-37-39-41-43-45-47-49-51-53-55-62(67)72-59-61(60-73-65(64(69)70)71-58-57-66(3,4)5)74-63(68)56-54-52-50-48-46-44-42-40-38-35-27-25-23-21-19-17-15-13-11-9-7-2/h9,11,15,17,21,23,27,35,40,42,46,48,61,65H,6-8,10,12-14,16,18-20,22,24-26,28-34,36-39,41,43-45,47,49-60H2,1-5H3/b11-9-,17-15-,23-21-,35-27-,42-40-,48-46-. The van der Waals surface area contributed by atoms with Gasteiger partial charge in [0.15, 0.2) is 12.4 Å². The second-order valence-electron chi connectivity index (χ2n) is 21.6. The lowest BCUT2D eigenvalue weighted by Crippen LogP contribution is -2.44. The Hall–Kier alpha value is -3.27. The van der Waals surface area contributed by atoms with E-state index in [0.717, 1.165) is 70.6 Å². The second kappa shape index (κ2) is 55.9. The summed E-state index contributed by atoms with van der Waals surface area (Å²) in [7, 11) is 5.91. The van der Waals surface area contributed by atoms with Crippen LogP contribution in [-0.4, -0.2) is 82.3 Å². The summed E-state index contributed by atoms with van der Waals surface area (Å²) >= 11 is 0. The van der Waals surface area contributed by atoms with Gasteiger partial charge < -0.3 is 33.3 Å². The van der Waals surface area contributed by atoms with Gasteiger partial charge in [-0.05, 0) is 64.2 Å². The van der Waals surface area contributed by atoms with Gasteiger partial charge in [0.25, 0.3) is 0 Å². The van der Waals surface area contributed by atoms with Gasteiger partial charge in [-0.1, -0.05) is 260 Å². The van der Waals surface area contributed by atoms with Gasteiger partial charge in [0.2, 0.25) is 0 Å². The summed E-state index contributed by atoms with van der Waals surface area (Å²) in [5, 5.41) is 11.8. The van der Waals surface area contributed by atoms with Gasteiger partial charge in [0.1, 0.15) is 13.2 Å². The maximum Gasteiger partial charge on any atom is 0.306 e. The van der Waals surface area contributed by atoms with Crippen LogP contribution in [0.15, 0.2) is 72.9 Å². The van der Waals surface area contributed by atoms with E-state index in [9.17, 15) is 19.5 Å². The molecule has 0 aliphatic rings. The number of carboxylic acids is 1. The molecule has 0 aromatic heterocycles. The second-order valence-corrected chi connectivity index (χ2v) is 21.6. The summed E-state index contributed by atoms with van der Waals surface area (Å²) in [6.45, 7) is 4.61. The topological polar surface area (TPSA) is 111 Å². The lowest BCUT2D eigenvalue weighted by Gasteiger charge is -2.26. The van der Waals surface area contributed by atoms with Crippen LogP contribution in [0, 0.1) is 0 Å². The molecule has 0 saturated heterocycles. The Bertz CT molecular complexity index is 1440. The number of quaternary nitrogens is 1. The van der Waals surface area contributed by atoms with Crippen LogP contribution in [0.4, 0.5) is 0 Å². The number of nitrogens with zero attached hydrogens (tertiary/aromatic N) is 1. The molecule has 428 valence electrons. The van der Waals surface area contributed by atoms with Gasteiger partial charge in [-0.2, -0.15) is 0 Å². The number of unbranched alkanes of at least 4 members (excludes halogenated alkanes) is 29. The van der Waals surface area contributed by atoms with Crippen molar-refractivity contribution >= 4 is 17.9 Å². The molecule has 74 heavy (non-hydrogen) atoms. The van der Waals surface area contributed by atoms with Crippen molar-refractivity contribution in [1.82, 2.24) is 0 Å². The zero-order valence-corrected chi connectivity index (χ0v) is 48.7. The van der Waals surface area contributed by atoms with Crippen molar-refractivity contribution in [3.63, 3.8) is 0 Å². The molecule has 0 aromatic rings. The fourth-order valence-corrected chi connectivity index (χ4v) is 8.54. The minimum atomic E-state index is -1.64. The first kappa shape index (κ1) is 70.7. The van der Waals surface area contributed by atoms with Gasteiger partial charge >= 0.3 is 11.9 Å². The van der Waals surface area contributed by atoms with E-state index >= 15 is 0 Å². The van der Waals surface area contributed by atoms with Crippen molar-refractivity contribution in [3.05, 3.63) is 72.9 Å². The molecule has 0 bridgehead atoms. The molecule has 0 radical (unpaired) electrons. The number of aliphatic carboxylic acids is 1. The summed E-state index contributed by atoms with van der Waals surface area (Å²) in [5.74, 6) is -2.34. The number of ether oxygens (including phenoxy) is 4. The molecule has 9 heteroatoms. The van der Waals surface area contributed by atoms with E-state index in [2.05, 4.69) is 86.8 Å². The number of carboxylic acid groups (broad SMARTS) is 1. The molecule has 0 spiro atoms. The first-order valence-corrected chi connectivity index (χ1v) is 30.6. The smallest absolute Gasteiger partial charge is 0.306 e. The molecule has 2 atom stereocenters. The van der Waals surface area contributed by atoms with Gasteiger partial charge in [-0.3, -0.25) is 9.59 Å². The van der Waals surface area contributed by atoms with E-state index in [4.69, 9.17) is 18.9 Å². The quantitative estimate of drug-likeness (QED) is 0.0195. The number of carbonyl (C=O) groups excluding carboxylic acids is 3. The minimum Gasteiger partial charge on any atom is -0.545 e. The highest BCUT2D eigenvalue weighted by atomic mass is 16.7. The monoisotopic (exact) mass is 1040 g/mol. The van der Waals surface area contributed by atoms with Crippen molar-refractivity contribution < 1.29 is 42.9 Å². The van der Waals surface area contributed by atoms with Crippen molar-refractivity contribution in [2.75, 3.05) is 47.5 Å². The van der Waals surface area contributed by atoms with E-state index in [-0.39, 0.29) is 38.6 Å². The van der Waals surface area contributed by atoms with Crippen molar-refractivity contribution in [3.8, 4) is 0 Å². The zero-order valence-electron chi connectivity index (χ0n) is 48.7. The Morgan fingerprint density at radius 2 is 0.770 bits per heavy atom. The van der Waals surface area contributed by atoms with Gasteiger partial charge in [-0.15, -0.1) is 0 Å². The van der Waals surface area contributed by atoms with Crippen LogP contribution in [0.3, 0.4) is 0 Å². The number of hydrogen-bond acceptors (Lipinski definition) is 8. The maximum absolute atomic E-state index is 12.8. The number of hydrogen-bond donors (Lipinski definition) is 0. The molecule has 0 amide bonds. The van der Waals surface area contributed by atoms with Crippen LogP contribution in [0.5, 0.6) is 0 Å². The van der Waals surface area contributed by atoms with E-state index in [1.54, 1.807) is 0 Å². The van der Waals surface area contributed by atoms with Crippen molar-refractivity contribution in [2.24, 2.45) is 0 Å². The third-order valence-corrected chi connectivity index (χ3v) is 13.2. The fraction of sp³-hybridized carbons (Fsp3) is 0.769. The summed E-state index contributed by atoms with van der Waals surface area (Å²) < 4.78 is 22.7. The predicted octanol–water partition coefficient (Wildman–Crippen LogP) is 16.8. The molecule has 0 aliphatic heterocycles. The molecule has 0 aliphatic carbocycles. The molecule has 0 rings (SSSR count). The van der Waals surface area contributed by atoms with Crippen LogP contribution in [-0.2, 0) is 33.3 Å². The van der Waals surface area contributed by atoms with Crippen LogP contribution in [0.1, 0.15) is 264 Å². The van der Waals surface area contributed by atoms with E-state index < -0.39 is 24.3 Å². The average Bonchev–Trinajstić information content (AvgIpc) is 3.37. The average molecular weight is 1040 g/mol. The SMILES string of the molecule is CC/C=C\C/C=C\C/C=C\C/C=C\C/C=C\C/C=C\CCCCC(=O)OC(COC(=O)CCCCCCCCCCCCCCCCCCCCCCCCCCCCCC)COC(OCC[N+](C)(C)C)C(=O)[O-]. The Morgan fingerprint density at radius 3 is 1.15 bits per heavy atom. The Labute approximate surface area is 456 Å². The van der Waals surface area contributed by atoms with Crippen LogP contribution in [0.2, 0.25) is 0 Å².